The average molecular weight is 343 g/mol. The molecule has 24 heavy (non-hydrogen) atoms. The van der Waals surface area contributed by atoms with Crippen LogP contribution in [0.5, 0.6) is 0 Å². The summed E-state index contributed by atoms with van der Waals surface area (Å²) < 4.78 is 24.4. The highest BCUT2D eigenvalue weighted by Gasteiger charge is 2.45. The number of anilines is 1. The topological polar surface area (TPSA) is 74.7 Å². The van der Waals surface area contributed by atoms with Crippen molar-refractivity contribution in [3.05, 3.63) is 76.4 Å². The summed E-state index contributed by atoms with van der Waals surface area (Å²) in [7, 11) is -3.76. The van der Waals surface area contributed by atoms with Crippen molar-refractivity contribution in [2.75, 3.05) is 11.2 Å². The SMILES string of the molecule is Cc1ccc(N2C(=O)C(O)=C(S(C)(=O)=O)C2c2ccccc2)cc1. The van der Waals surface area contributed by atoms with E-state index in [-0.39, 0.29) is 4.91 Å². The lowest BCUT2D eigenvalue weighted by atomic mass is 10.1. The predicted molar refractivity (Wildman–Crippen MR) is 92.3 cm³/mol. The molecule has 0 bridgehead atoms. The first-order valence-electron chi connectivity index (χ1n) is 7.39. The van der Waals surface area contributed by atoms with Crippen LogP contribution in [0.15, 0.2) is 65.3 Å². The van der Waals surface area contributed by atoms with Crippen LogP contribution in [0.4, 0.5) is 5.69 Å². The van der Waals surface area contributed by atoms with Crippen molar-refractivity contribution in [1.82, 2.24) is 0 Å². The van der Waals surface area contributed by atoms with Crippen molar-refractivity contribution in [1.29, 1.82) is 0 Å². The van der Waals surface area contributed by atoms with Gasteiger partial charge in [-0.25, -0.2) is 8.42 Å². The number of benzene rings is 2. The van der Waals surface area contributed by atoms with Crippen molar-refractivity contribution in [3.8, 4) is 0 Å². The maximum atomic E-state index is 12.6. The summed E-state index contributed by atoms with van der Waals surface area (Å²) in [4.78, 5) is 13.6. The number of hydrogen-bond donors (Lipinski definition) is 1. The molecule has 124 valence electrons. The van der Waals surface area contributed by atoms with E-state index in [0.29, 0.717) is 11.3 Å². The van der Waals surface area contributed by atoms with Gasteiger partial charge in [-0.2, -0.15) is 0 Å². The largest absolute Gasteiger partial charge is 0.502 e. The second-order valence-electron chi connectivity index (χ2n) is 5.81. The Balaban J connectivity index is 2.22. The first-order valence-corrected chi connectivity index (χ1v) is 9.28. The lowest BCUT2D eigenvalue weighted by molar-refractivity contribution is -0.117. The Morgan fingerprint density at radius 1 is 1.00 bits per heavy atom. The van der Waals surface area contributed by atoms with Crippen LogP contribution in [0.1, 0.15) is 17.2 Å². The van der Waals surface area contributed by atoms with Gasteiger partial charge in [-0.3, -0.25) is 9.69 Å². The lowest BCUT2D eigenvalue weighted by Crippen LogP contribution is -2.30. The van der Waals surface area contributed by atoms with Gasteiger partial charge in [-0.1, -0.05) is 48.0 Å². The quantitative estimate of drug-likeness (QED) is 0.930. The third-order valence-corrected chi connectivity index (χ3v) is 5.20. The normalized spacial score (nSPS) is 18.3. The van der Waals surface area contributed by atoms with Gasteiger partial charge in [0.1, 0.15) is 10.9 Å². The minimum Gasteiger partial charge on any atom is -0.502 e. The van der Waals surface area contributed by atoms with Gasteiger partial charge >= 0.3 is 0 Å². The Hall–Kier alpha value is -2.60. The molecule has 0 saturated heterocycles. The zero-order valence-electron chi connectivity index (χ0n) is 13.3. The zero-order chi connectivity index (χ0) is 17.5. The third-order valence-electron chi connectivity index (χ3n) is 3.99. The molecule has 1 N–H and O–H groups in total. The number of rotatable bonds is 3. The van der Waals surface area contributed by atoms with Gasteiger partial charge in [0.05, 0.1) is 0 Å². The van der Waals surface area contributed by atoms with Crippen molar-refractivity contribution in [2.45, 2.75) is 13.0 Å². The molecular weight excluding hydrogens is 326 g/mol. The summed E-state index contributed by atoms with van der Waals surface area (Å²) in [5, 5.41) is 10.2. The zero-order valence-corrected chi connectivity index (χ0v) is 14.1. The summed E-state index contributed by atoms with van der Waals surface area (Å²) in [6, 6.07) is 15.1. The number of aliphatic hydroxyl groups is 1. The van der Waals surface area contributed by atoms with Crippen LogP contribution in [0.25, 0.3) is 0 Å². The minimum atomic E-state index is -3.76. The van der Waals surface area contributed by atoms with Gasteiger partial charge in [0.2, 0.25) is 0 Å². The fourth-order valence-electron chi connectivity index (χ4n) is 2.87. The summed E-state index contributed by atoms with van der Waals surface area (Å²) >= 11 is 0. The Morgan fingerprint density at radius 3 is 2.12 bits per heavy atom. The molecule has 1 heterocycles. The molecule has 1 amide bonds. The molecule has 0 spiro atoms. The highest BCUT2D eigenvalue weighted by atomic mass is 32.2. The van der Waals surface area contributed by atoms with E-state index in [0.717, 1.165) is 11.8 Å². The Morgan fingerprint density at radius 2 is 1.58 bits per heavy atom. The maximum Gasteiger partial charge on any atom is 0.295 e. The van der Waals surface area contributed by atoms with Crippen molar-refractivity contribution in [2.24, 2.45) is 0 Å². The third kappa shape index (κ3) is 2.69. The highest BCUT2D eigenvalue weighted by Crippen LogP contribution is 2.42. The summed E-state index contributed by atoms with van der Waals surface area (Å²) in [5.74, 6) is -1.43. The van der Waals surface area contributed by atoms with E-state index < -0.39 is 27.5 Å². The number of carbonyl (C=O) groups is 1. The maximum absolute atomic E-state index is 12.6. The molecule has 6 heteroatoms. The van der Waals surface area contributed by atoms with Crippen molar-refractivity contribution in [3.63, 3.8) is 0 Å². The van der Waals surface area contributed by atoms with Crippen LogP contribution in [-0.4, -0.2) is 25.7 Å². The number of sulfone groups is 1. The van der Waals surface area contributed by atoms with Crippen LogP contribution in [0.3, 0.4) is 0 Å². The average Bonchev–Trinajstić information content (AvgIpc) is 2.81. The van der Waals surface area contributed by atoms with Crippen LogP contribution in [0.2, 0.25) is 0 Å². The van der Waals surface area contributed by atoms with Gasteiger partial charge in [0.15, 0.2) is 15.6 Å². The standard InChI is InChI=1S/C18H17NO4S/c1-12-8-10-14(11-9-12)19-15(13-6-4-3-5-7-13)17(24(2,22)23)16(20)18(19)21/h3-11,15,20H,1-2H3. The highest BCUT2D eigenvalue weighted by molar-refractivity contribution is 7.94. The van der Waals surface area contributed by atoms with E-state index in [1.807, 2.05) is 19.1 Å². The van der Waals surface area contributed by atoms with Gasteiger partial charge in [-0.05, 0) is 24.6 Å². The first kappa shape index (κ1) is 16.3. The molecule has 3 rings (SSSR count). The Bertz CT molecular complexity index is 915. The molecule has 0 saturated carbocycles. The molecule has 1 aliphatic rings. The van der Waals surface area contributed by atoms with Gasteiger partial charge in [-0.15, -0.1) is 0 Å². The van der Waals surface area contributed by atoms with E-state index in [2.05, 4.69) is 0 Å². The van der Waals surface area contributed by atoms with Crippen molar-refractivity contribution < 1.29 is 18.3 Å². The molecule has 0 aromatic heterocycles. The number of nitrogens with zero attached hydrogens (tertiary/aromatic N) is 1. The van der Waals surface area contributed by atoms with Crippen LogP contribution < -0.4 is 4.90 Å². The fourth-order valence-corrected chi connectivity index (χ4v) is 3.95. The van der Waals surface area contributed by atoms with E-state index >= 15 is 0 Å². The molecule has 1 aliphatic heterocycles. The van der Waals surface area contributed by atoms with E-state index in [1.165, 1.54) is 4.90 Å². The minimum absolute atomic E-state index is 0.265. The smallest absolute Gasteiger partial charge is 0.295 e. The number of aryl methyl sites for hydroxylation is 1. The first-order chi connectivity index (χ1) is 11.3. The lowest BCUT2D eigenvalue weighted by Gasteiger charge is -2.26. The Kier molecular flexibility index (Phi) is 3.93. The second kappa shape index (κ2) is 5.79. The van der Waals surface area contributed by atoms with Gasteiger partial charge in [0, 0.05) is 11.9 Å². The van der Waals surface area contributed by atoms with Crippen LogP contribution in [0, 0.1) is 6.92 Å². The van der Waals surface area contributed by atoms with Crippen LogP contribution >= 0.6 is 0 Å². The van der Waals surface area contributed by atoms with E-state index in [9.17, 15) is 18.3 Å². The number of aliphatic hydroxyl groups excluding tert-OH is 1. The summed E-state index contributed by atoms with van der Waals surface area (Å²) in [6.07, 6.45) is 1.00. The number of hydrogen-bond acceptors (Lipinski definition) is 4. The molecule has 0 aliphatic carbocycles. The summed E-state index contributed by atoms with van der Waals surface area (Å²) in [5.41, 5.74) is 2.17. The van der Waals surface area contributed by atoms with Crippen molar-refractivity contribution >= 4 is 21.4 Å². The molecule has 2 aromatic rings. The molecule has 5 nitrogen and oxygen atoms in total. The number of amides is 1. The Labute approximate surface area is 140 Å². The molecule has 1 unspecified atom stereocenters. The molecule has 0 radical (unpaired) electrons. The second-order valence-corrected chi connectivity index (χ2v) is 7.79. The van der Waals surface area contributed by atoms with Gasteiger partial charge < -0.3 is 5.11 Å². The fraction of sp³-hybridized carbons (Fsp3) is 0.167. The molecule has 1 atom stereocenters. The van der Waals surface area contributed by atoms with E-state index in [1.54, 1.807) is 42.5 Å². The monoisotopic (exact) mass is 343 g/mol. The van der Waals surface area contributed by atoms with Gasteiger partial charge in [0.25, 0.3) is 5.91 Å². The molecular formula is C18H17NO4S. The van der Waals surface area contributed by atoms with Crippen LogP contribution in [-0.2, 0) is 14.6 Å². The molecule has 0 fully saturated rings. The van der Waals surface area contributed by atoms with E-state index in [4.69, 9.17) is 0 Å². The molecule has 2 aromatic carbocycles. The predicted octanol–water partition coefficient (Wildman–Crippen LogP) is 2.90. The number of carbonyl (C=O) groups excluding carboxylic acids is 1. The summed E-state index contributed by atoms with van der Waals surface area (Å²) in [6.45, 7) is 1.92.